The minimum atomic E-state index is -0.859. The van der Waals surface area contributed by atoms with Gasteiger partial charge in [0.15, 0.2) is 11.0 Å². The summed E-state index contributed by atoms with van der Waals surface area (Å²) in [6.07, 6.45) is 0. The summed E-state index contributed by atoms with van der Waals surface area (Å²) in [5.74, 6) is -1.72. The Morgan fingerprint density at radius 1 is 0.328 bits per heavy atom. The van der Waals surface area contributed by atoms with E-state index < -0.39 is 11.8 Å². The first kappa shape index (κ1) is 27.2. The Bertz CT molecular complexity index is 5050. The van der Waals surface area contributed by atoms with Crippen LogP contribution < -0.4 is 18.3 Å². The summed E-state index contributed by atoms with van der Waals surface area (Å²) in [6.45, 7) is 0. The van der Waals surface area contributed by atoms with Crippen LogP contribution in [0.4, 0.5) is 0 Å². The topological polar surface area (TPSA) is 61.0 Å². The largest absolute Gasteiger partial charge is 0.555 e. The highest BCUT2D eigenvalue weighted by Crippen LogP contribution is 2.59. The maximum atomic E-state index is 5.86. The molecule has 8 aliphatic heterocycles. The molecule has 10 nitrogen and oxygen atoms in total. The number of hydrogen-bond acceptors (Lipinski definition) is 2. The fourth-order valence-corrected chi connectivity index (χ4v) is 16.0. The minimum absolute atomic E-state index is 0.859. The Morgan fingerprint density at radius 3 is 1.06 bits per heavy atom. The van der Waals surface area contributed by atoms with E-state index >= 15 is 0 Å². The molecule has 8 aliphatic rings. The molecular weight excluding hydrogens is 789 g/mol. The maximum absolute atomic E-state index is 5.86. The normalized spacial score (nSPS) is 20.0. The van der Waals surface area contributed by atoms with Crippen LogP contribution >= 0.6 is 0 Å². The molecule has 10 heteroatoms. The van der Waals surface area contributed by atoms with E-state index in [0.717, 1.165) is 33.1 Å². The van der Waals surface area contributed by atoms with Crippen LogP contribution in [0, 0.1) is 0 Å². The van der Waals surface area contributed by atoms with Gasteiger partial charge < -0.3 is 0 Å². The number of fused-ring (bicyclic) bond motifs is 5. The highest BCUT2D eigenvalue weighted by atomic mass is 15.6. The van der Waals surface area contributed by atoms with Gasteiger partial charge in [0.05, 0.1) is 67.1 Å². The zero-order chi connectivity index (χ0) is 39.7. The molecule has 2 spiro atoms. The zero-order valence-electron chi connectivity index (χ0n) is 33.0. The van der Waals surface area contributed by atoms with Crippen LogP contribution in [0.2, 0.25) is 0 Å². The third kappa shape index (κ3) is 1.96. The van der Waals surface area contributed by atoms with E-state index in [9.17, 15) is 0 Å². The van der Waals surface area contributed by atoms with Gasteiger partial charge >= 0.3 is 33.9 Å². The molecule has 15 aromatic rings. The molecule has 0 saturated carbocycles. The predicted octanol–water partition coefficient (Wildman–Crippen LogP) is 8.27. The second-order valence-corrected chi connectivity index (χ2v) is 19.7. The van der Waals surface area contributed by atoms with Gasteiger partial charge in [-0.3, -0.25) is 0 Å². The number of benzene rings is 8. The number of rotatable bonds is 0. The summed E-state index contributed by atoms with van der Waals surface area (Å²) in [7, 11) is 0. The highest BCUT2D eigenvalue weighted by molar-refractivity contribution is 6.26. The number of para-hydroxylation sites is 2. The summed E-state index contributed by atoms with van der Waals surface area (Å²) < 4.78 is 22.0. The Balaban J connectivity index is 1.14. The monoisotopic (exact) mass is 808 g/mol. The molecule has 2 unspecified atom stereocenters. The van der Waals surface area contributed by atoms with Gasteiger partial charge in [-0.1, -0.05) is 78.9 Å². The van der Waals surface area contributed by atoms with Crippen LogP contribution in [-0.4, -0.2) is 28.2 Å². The van der Waals surface area contributed by atoms with Crippen molar-refractivity contribution in [1.29, 1.82) is 0 Å². The molecule has 15 heterocycles. The second kappa shape index (κ2) is 7.29. The Morgan fingerprint density at radius 2 is 0.672 bits per heavy atom. The minimum Gasteiger partial charge on any atom is -0.232 e. The molecule has 0 aliphatic carbocycles. The van der Waals surface area contributed by atoms with Gasteiger partial charge in [-0.15, -0.1) is 0 Å². The van der Waals surface area contributed by atoms with Crippen LogP contribution in [0.1, 0.15) is 0 Å². The van der Waals surface area contributed by atoms with E-state index in [2.05, 4.69) is 158 Å². The molecule has 7 aromatic heterocycles. The van der Waals surface area contributed by atoms with E-state index in [0.29, 0.717) is 0 Å². The lowest BCUT2D eigenvalue weighted by Gasteiger charge is -2.37. The Labute approximate surface area is 354 Å². The summed E-state index contributed by atoms with van der Waals surface area (Å²) in [5.41, 5.74) is 28.5. The molecule has 2 atom stereocenters. The van der Waals surface area contributed by atoms with Gasteiger partial charge in [-0.2, -0.15) is 18.3 Å². The van der Waals surface area contributed by atoms with Crippen molar-refractivity contribution in [2.75, 3.05) is 0 Å². The van der Waals surface area contributed by atoms with Crippen molar-refractivity contribution in [3.8, 4) is 45.0 Å². The summed E-state index contributed by atoms with van der Waals surface area (Å²) in [6, 6.07) is 47.1. The zero-order valence-corrected chi connectivity index (χ0v) is 33.0. The molecule has 64 heavy (non-hydrogen) atoms. The van der Waals surface area contributed by atoms with E-state index in [1.165, 1.54) is 143 Å². The molecule has 8 aromatic carbocycles. The van der Waals surface area contributed by atoms with Gasteiger partial charge in [-0.25, -0.2) is 9.97 Å². The fraction of sp³-hybridized carbons (Fsp3) is 0.0370. The summed E-state index contributed by atoms with van der Waals surface area (Å²) >= 11 is 0. The average Bonchev–Trinajstić information content (AvgIpc) is 4.18. The average molecular weight is 809 g/mol. The fourth-order valence-electron chi connectivity index (χ4n) is 16.0. The standard InChI is InChI=1S/C54H20N10/c1-3-27-33-17-23-11-7-21-9-13-25-19-35-29-15-16-30-36-20-26-14-10-22-8-12-24-18-34-28-4-2-6-32-46(28)62-50-40(56-32)39-49-51-52(50)64(54(62)58(34)42(24)38(22)44(26)60(36)54)48(30)47(29)63(51)53(61(49)45(27)31(5-1)55-39)57(33)41(23)37(21)43(25)59(35)53/h1-20H/q+4. The highest BCUT2D eigenvalue weighted by Gasteiger charge is 2.79. The van der Waals surface area contributed by atoms with Gasteiger partial charge in [-0.05, 0) is 71.4 Å². The molecule has 0 saturated heterocycles. The smallest absolute Gasteiger partial charge is 0.232 e. The lowest BCUT2D eigenvalue weighted by molar-refractivity contribution is -0.966. The first-order valence-corrected chi connectivity index (χ1v) is 22.4. The van der Waals surface area contributed by atoms with Crippen molar-refractivity contribution >= 4 is 131 Å². The van der Waals surface area contributed by atoms with E-state index in [-0.39, 0.29) is 0 Å². The molecule has 0 radical (unpaired) electrons. The molecule has 23 rings (SSSR count). The van der Waals surface area contributed by atoms with E-state index in [1.54, 1.807) is 0 Å². The van der Waals surface area contributed by atoms with Crippen LogP contribution in [0.5, 0.6) is 0 Å². The molecule has 0 amide bonds. The first-order valence-electron chi connectivity index (χ1n) is 22.4. The van der Waals surface area contributed by atoms with Crippen molar-refractivity contribution in [3.05, 3.63) is 121 Å². The third-order valence-electron chi connectivity index (χ3n) is 17.7. The van der Waals surface area contributed by atoms with Crippen LogP contribution in [0.25, 0.3) is 176 Å². The van der Waals surface area contributed by atoms with Crippen LogP contribution in [-0.2, 0) is 11.8 Å². The summed E-state index contributed by atoms with van der Waals surface area (Å²) in [5, 5.41) is 10.3. The van der Waals surface area contributed by atoms with Crippen molar-refractivity contribution < 1.29 is 18.3 Å². The number of aromatic nitrogens is 10. The van der Waals surface area contributed by atoms with Gasteiger partial charge in [0.2, 0.25) is 0 Å². The van der Waals surface area contributed by atoms with Crippen molar-refractivity contribution in [3.63, 3.8) is 0 Å². The third-order valence-corrected chi connectivity index (χ3v) is 17.7. The van der Waals surface area contributed by atoms with Crippen LogP contribution in [0.3, 0.4) is 0 Å². The predicted molar refractivity (Wildman–Crippen MR) is 242 cm³/mol. The number of hydrogen-bond donors (Lipinski definition) is 0. The molecule has 0 fully saturated rings. The van der Waals surface area contributed by atoms with Crippen LogP contribution in [0.15, 0.2) is 121 Å². The van der Waals surface area contributed by atoms with Crippen molar-refractivity contribution in [2.24, 2.45) is 0 Å². The van der Waals surface area contributed by atoms with Gasteiger partial charge in [0, 0.05) is 32.3 Å². The Kier molecular flexibility index (Phi) is 3.10. The summed E-state index contributed by atoms with van der Waals surface area (Å²) in [4.78, 5) is 11.7. The number of nitrogens with zero attached hydrogens (tertiary/aromatic N) is 10. The van der Waals surface area contributed by atoms with Gasteiger partial charge in [0.1, 0.15) is 11.0 Å². The lowest BCUT2D eigenvalue weighted by atomic mass is 9.97. The lowest BCUT2D eigenvalue weighted by Crippen LogP contribution is -2.82. The van der Waals surface area contributed by atoms with Crippen molar-refractivity contribution in [2.45, 2.75) is 11.8 Å². The van der Waals surface area contributed by atoms with E-state index in [4.69, 9.17) is 9.97 Å². The van der Waals surface area contributed by atoms with E-state index in [1.807, 2.05) is 0 Å². The molecule has 0 bridgehead atoms. The quantitative estimate of drug-likeness (QED) is 0.0881. The molecule has 282 valence electrons. The van der Waals surface area contributed by atoms with Crippen molar-refractivity contribution in [1.82, 2.24) is 28.2 Å². The SMILES string of the molecule is c1cc2c3c(c1)nc1c4nc5cccc6c5[n+]5c4c4c7c1[n+]3C13n8c-2cc2ccc9ccc%10cc(n1c%10c9c28)-c1ccc2c(c1[n+]73)[n+]4C51n3c-6cc4ccc5ccc6cc-2n1c6c5c43. The molecular formula is C54H20N10+4. The molecule has 0 N–H and O–H groups in total. The second-order valence-electron chi connectivity index (χ2n) is 19.7. The van der Waals surface area contributed by atoms with Gasteiger partial charge in [0.25, 0.3) is 22.1 Å². The Hall–Kier alpha value is -8.76. The maximum Gasteiger partial charge on any atom is 0.555 e. The first-order chi connectivity index (χ1) is 31.8.